The molecule has 23 heavy (non-hydrogen) atoms. The van der Waals surface area contributed by atoms with Crippen molar-refractivity contribution in [2.75, 3.05) is 13.7 Å². The molecular formula is C18H21FN2O2. The lowest BCUT2D eigenvalue weighted by molar-refractivity contribution is -0.124. The van der Waals surface area contributed by atoms with Gasteiger partial charge in [-0.05, 0) is 35.4 Å². The molecule has 122 valence electrons. The summed E-state index contributed by atoms with van der Waals surface area (Å²) in [6.07, 6.45) is 0. The van der Waals surface area contributed by atoms with E-state index in [1.54, 1.807) is 26.2 Å². The average molecular weight is 316 g/mol. The molecule has 2 aromatic carbocycles. The summed E-state index contributed by atoms with van der Waals surface area (Å²) in [5, 5.41) is 2.98. The first kappa shape index (κ1) is 17.0. The molecule has 0 radical (unpaired) electrons. The first-order valence-electron chi connectivity index (χ1n) is 7.45. The predicted molar refractivity (Wildman–Crippen MR) is 87.6 cm³/mol. The summed E-state index contributed by atoms with van der Waals surface area (Å²) >= 11 is 0. The van der Waals surface area contributed by atoms with Crippen molar-refractivity contribution in [3.8, 4) is 5.75 Å². The number of nitrogens with one attached hydrogen (secondary N) is 1. The molecule has 3 N–H and O–H groups in total. The van der Waals surface area contributed by atoms with E-state index in [0.29, 0.717) is 0 Å². The Bertz CT molecular complexity index is 641. The van der Waals surface area contributed by atoms with E-state index in [-0.39, 0.29) is 30.2 Å². The number of carbonyl (C=O) groups excluding carboxylic acids is 1. The molecule has 0 aliphatic heterocycles. The number of hydrogen-bond acceptors (Lipinski definition) is 3. The Hall–Kier alpha value is -2.40. The fourth-order valence-electron chi connectivity index (χ4n) is 2.20. The monoisotopic (exact) mass is 316 g/mol. The van der Waals surface area contributed by atoms with Crippen LogP contribution in [0, 0.1) is 11.7 Å². The van der Waals surface area contributed by atoms with Crippen LogP contribution in [-0.4, -0.2) is 19.6 Å². The van der Waals surface area contributed by atoms with Crippen molar-refractivity contribution in [1.82, 2.24) is 5.32 Å². The number of ether oxygens (including phenoxy) is 1. The third-order valence-corrected chi connectivity index (χ3v) is 3.74. The van der Waals surface area contributed by atoms with Crippen LogP contribution in [0.25, 0.3) is 0 Å². The molecule has 4 nitrogen and oxygen atoms in total. The molecule has 0 aliphatic rings. The van der Waals surface area contributed by atoms with Crippen LogP contribution >= 0.6 is 0 Å². The maximum atomic E-state index is 13.2. The van der Waals surface area contributed by atoms with Gasteiger partial charge in [-0.2, -0.15) is 0 Å². The number of methoxy groups -OCH3 is 1. The zero-order chi connectivity index (χ0) is 16.8. The minimum Gasteiger partial charge on any atom is -0.497 e. The van der Waals surface area contributed by atoms with Gasteiger partial charge in [0.2, 0.25) is 5.91 Å². The molecule has 2 rings (SSSR count). The van der Waals surface area contributed by atoms with Crippen LogP contribution in [-0.2, 0) is 4.79 Å². The van der Waals surface area contributed by atoms with Crippen molar-refractivity contribution in [3.63, 3.8) is 0 Å². The van der Waals surface area contributed by atoms with Crippen LogP contribution in [0.5, 0.6) is 5.75 Å². The number of amides is 1. The van der Waals surface area contributed by atoms with Crippen LogP contribution in [0.3, 0.4) is 0 Å². The molecule has 5 heteroatoms. The first-order chi connectivity index (χ1) is 11.0. The van der Waals surface area contributed by atoms with Crippen molar-refractivity contribution in [2.24, 2.45) is 11.7 Å². The SMILES string of the molecule is COc1ccc(C(NC(=O)C(C)CN)c2ccc(F)cc2)cc1. The van der Waals surface area contributed by atoms with Crippen LogP contribution in [0.1, 0.15) is 24.1 Å². The number of nitrogens with two attached hydrogens (primary N) is 1. The summed E-state index contributed by atoms with van der Waals surface area (Å²) in [6.45, 7) is 2.04. The minimum atomic E-state index is -0.372. The molecule has 0 aliphatic carbocycles. The summed E-state index contributed by atoms with van der Waals surface area (Å²) in [4.78, 5) is 12.2. The Morgan fingerprint density at radius 3 is 2.13 bits per heavy atom. The summed E-state index contributed by atoms with van der Waals surface area (Å²) in [5.74, 6) is -0.0222. The standard InChI is InChI=1S/C18H21FN2O2/c1-12(11-20)18(22)21-17(13-3-7-15(19)8-4-13)14-5-9-16(23-2)10-6-14/h3-10,12,17H,11,20H2,1-2H3,(H,21,22). The average Bonchev–Trinajstić information content (AvgIpc) is 2.59. The van der Waals surface area contributed by atoms with Gasteiger partial charge >= 0.3 is 0 Å². The van der Waals surface area contributed by atoms with E-state index >= 15 is 0 Å². The molecular weight excluding hydrogens is 295 g/mol. The Morgan fingerprint density at radius 1 is 1.13 bits per heavy atom. The maximum absolute atomic E-state index is 13.2. The van der Waals surface area contributed by atoms with Crippen molar-refractivity contribution in [3.05, 3.63) is 65.5 Å². The summed E-state index contributed by atoms with van der Waals surface area (Å²) in [7, 11) is 1.59. The summed E-state index contributed by atoms with van der Waals surface area (Å²) < 4.78 is 18.3. The predicted octanol–water partition coefficient (Wildman–Crippen LogP) is 2.63. The number of carbonyl (C=O) groups is 1. The van der Waals surface area contributed by atoms with Gasteiger partial charge in [0.1, 0.15) is 11.6 Å². The largest absolute Gasteiger partial charge is 0.497 e. The Labute approximate surface area is 135 Å². The topological polar surface area (TPSA) is 64.3 Å². The molecule has 2 aromatic rings. The molecule has 0 aromatic heterocycles. The van der Waals surface area contributed by atoms with Gasteiger partial charge < -0.3 is 15.8 Å². The second-order valence-corrected chi connectivity index (χ2v) is 5.40. The lowest BCUT2D eigenvalue weighted by atomic mass is 9.97. The third-order valence-electron chi connectivity index (χ3n) is 3.74. The number of rotatable bonds is 6. The van der Waals surface area contributed by atoms with E-state index in [1.807, 2.05) is 24.3 Å². The van der Waals surface area contributed by atoms with Gasteiger partial charge in [-0.1, -0.05) is 31.2 Å². The fourth-order valence-corrected chi connectivity index (χ4v) is 2.20. The quantitative estimate of drug-likeness (QED) is 0.861. The van der Waals surface area contributed by atoms with Gasteiger partial charge in [-0.3, -0.25) is 4.79 Å². The Balaban J connectivity index is 2.33. The minimum absolute atomic E-state index is 0.141. The normalized spacial score (nSPS) is 13.2. The Morgan fingerprint density at radius 2 is 1.65 bits per heavy atom. The van der Waals surface area contributed by atoms with Gasteiger partial charge in [0.15, 0.2) is 0 Å². The lowest BCUT2D eigenvalue weighted by Crippen LogP contribution is -2.36. The van der Waals surface area contributed by atoms with Gasteiger partial charge in [0.05, 0.1) is 13.2 Å². The second-order valence-electron chi connectivity index (χ2n) is 5.40. The van der Waals surface area contributed by atoms with E-state index in [4.69, 9.17) is 10.5 Å². The molecule has 2 unspecified atom stereocenters. The highest BCUT2D eigenvalue weighted by molar-refractivity contribution is 5.79. The lowest BCUT2D eigenvalue weighted by Gasteiger charge is -2.22. The van der Waals surface area contributed by atoms with Crippen LogP contribution in [0.2, 0.25) is 0 Å². The molecule has 2 atom stereocenters. The molecule has 1 amide bonds. The second kappa shape index (κ2) is 7.74. The van der Waals surface area contributed by atoms with Crippen molar-refractivity contribution in [1.29, 1.82) is 0 Å². The number of hydrogen-bond donors (Lipinski definition) is 2. The van der Waals surface area contributed by atoms with Crippen molar-refractivity contribution >= 4 is 5.91 Å². The van der Waals surface area contributed by atoms with Gasteiger partial charge in [0.25, 0.3) is 0 Å². The molecule has 0 saturated carbocycles. The number of halogens is 1. The Kier molecular flexibility index (Phi) is 5.71. The van der Waals surface area contributed by atoms with Crippen molar-refractivity contribution < 1.29 is 13.9 Å². The van der Waals surface area contributed by atoms with Crippen molar-refractivity contribution in [2.45, 2.75) is 13.0 Å². The van der Waals surface area contributed by atoms with E-state index in [1.165, 1.54) is 12.1 Å². The molecule has 0 bridgehead atoms. The molecule has 0 heterocycles. The van der Waals surface area contributed by atoms with E-state index in [0.717, 1.165) is 16.9 Å². The maximum Gasteiger partial charge on any atom is 0.224 e. The van der Waals surface area contributed by atoms with E-state index in [2.05, 4.69) is 5.32 Å². The molecule has 0 fully saturated rings. The smallest absolute Gasteiger partial charge is 0.224 e. The van der Waals surface area contributed by atoms with Crippen LogP contribution < -0.4 is 15.8 Å². The third kappa shape index (κ3) is 4.29. The highest BCUT2D eigenvalue weighted by Crippen LogP contribution is 2.25. The summed E-state index contributed by atoms with van der Waals surface area (Å²) in [5.41, 5.74) is 7.24. The molecule has 0 saturated heterocycles. The van der Waals surface area contributed by atoms with Gasteiger partial charge in [-0.15, -0.1) is 0 Å². The van der Waals surface area contributed by atoms with Gasteiger partial charge in [-0.25, -0.2) is 4.39 Å². The fraction of sp³-hybridized carbons (Fsp3) is 0.278. The summed E-state index contributed by atoms with van der Waals surface area (Å²) in [6, 6.07) is 13.1. The highest BCUT2D eigenvalue weighted by atomic mass is 19.1. The zero-order valence-corrected chi connectivity index (χ0v) is 13.3. The van der Waals surface area contributed by atoms with Gasteiger partial charge in [0, 0.05) is 12.5 Å². The molecule has 0 spiro atoms. The number of benzene rings is 2. The zero-order valence-electron chi connectivity index (χ0n) is 13.3. The van der Waals surface area contributed by atoms with Crippen LogP contribution in [0.15, 0.2) is 48.5 Å². The highest BCUT2D eigenvalue weighted by Gasteiger charge is 2.20. The first-order valence-corrected chi connectivity index (χ1v) is 7.45. The van der Waals surface area contributed by atoms with E-state index in [9.17, 15) is 9.18 Å². The van der Waals surface area contributed by atoms with Crippen LogP contribution in [0.4, 0.5) is 4.39 Å². The van der Waals surface area contributed by atoms with E-state index < -0.39 is 0 Å².